The Morgan fingerprint density at radius 3 is 2.43 bits per heavy atom. The van der Waals surface area contributed by atoms with Crippen molar-refractivity contribution in [1.82, 2.24) is 14.5 Å². The van der Waals surface area contributed by atoms with Gasteiger partial charge in [0.2, 0.25) is 21.8 Å². The number of carbonyl (C=O) groups is 6. The molecule has 1 aromatic carbocycles. The molecule has 13 nitrogen and oxygen atoms in total. The highest BCUT2D eigenvalue weighted by Gasteiger charge is 2.61. The Hall–Kier alpha value is -4.40. The Bertz CT molecular complexity index is 1920. The molecule has 56 heavy (non-hydrogen) atoms. The summed E-state index contributed by atoms with van der Waals surface area (Å²) in [7, 11) is -3.92. The van der Waals surface area contributed by atoms with Crippen molar-refractivity contribution in [2.24, 2.45) is 23.2 Å². The third-order valence-corrected chi connectivity index (χ3v) is 13.4. The van der Waals surface area contributed by atoms with Gasteiger partial charge in [-0.2, -0.15) is 0 Å². The third kappa shape index (κ3) is 9.58. The minimum atomic E-state index is -3.92. The molecule has 3 aliphatic carbocycles. The number of amides is 3. The quantitative estimate of drug-likeness (QED) is 0.135. The number of esters is 1. The van der Waals surface area contributed by atoms with E-state index in [4.69, 9.17) is 9.47 Å². The van der Waals surface area contributed by atoms with E-state index >= 15 is 0 Å². The molecule has 2 heterocycles. The summed E-state index contributed by atoms with van der Waals surface area (Å²) in [5, 5.41) is -0.666. The number of ether oxygens (including phenoxy) is 2. The average molecular weight is 798 g/mol. The van der Waals surface area contributed by atoms with Gasteiger partial charge < -0.3 is 14.4 Å². The molecule has 0 spiro atoms. The Morgan fingerprint density at radius 1 is 1.09 bits per heavy atom. The van der Waals surface area contributed by atoms with Crippen molar-refractivity contribution in [1.29, 1.82) is 0 Å². The average Bonchev–Trinajstić information content (AvgIpc) is 3.99. The van der Waals surface area contributed by atoms with Crippen molar-refractivity contribution in [3.05, 3.63) is 60.0 Å². The van der Waals surface area contributed by atoms with Gasteiger partial charge in [-0.15, -0.1) is 6.58 Å². The first-order valence-corrected chi connectivity index (χ1v) is 21.1. The molecule has 3 saturated carbocycles. The first kappa shape index (κ1) is 41.2. The number of Topliss-reactive ketones (excluding diaryl/α,β-unsaturated/α-hetero) is 1. The topological polar surface area (TPSA) is 174 Å². The number of benzene rings is 1. The number of halogens is 1. The summed E-state index contributed by atoms with van der Waals surface area (Å²) in [4.78, 5) is 84.4. The van der Waals surface area contributed by atoms with Crippen LogP contribution >= 0.6 is 0 Å². The predicted molar refractivity (Wildman–Crippen MR) is 201 cm³/mol. The Kier molecular flexibility index (Phi) is 11.9. The lowest BCUT2D eigenvalue weighted by Gasteiger charge is -2.29. The van der Waals surface area contributed by atoms with Crippen LogP contribution in [0.1, 0.15) is 103 Å². The largest absolute Gasteiger partial charge is 0.460 e. The monoisotopic (exact) mass is 797 g/mol. The van der Waals surface area contributed by atoms with E-state index < -0.39 is 92.2 Å². The number of nitrogens with zero attached hydrogens (tertiary/aromatic N) is 2. The highest BCUT2D eigenvalue weighted by atomic mass is 32.2. The number of ketones is 2. The van der Waals surface area contributed by atoms with Crippen LogP contribution < -0.4 is 4.72 Å². The second-order valence-corrected chi connectivity index (χ2v) is 19.0. The summed E-state index contributed by atoms with van der Waals surface area (Å²) in [5.41, 5.74) is -1.25. The molecule has 0 radical (unpaired) electrons. The Labute approximate surface area is 327 Å². The molecule has 5 aliphatic rings. The summed E-state index contributed by atoms with van der Waals surface area (Å²) in [5.74, 6) is -4.52. The number of hydrogen-bond acceptors (Lipinski definition) is 10. The zero-order valence-corrected chi connectivity index (χ0v) is 33.1. The first-order valence-electron chi connectivity index (χ1n) is 19.6. The van der Waals surface area contributed by atoms with Gasteiger partial charge in [-0.05, 0) is 88.8 Å². The van der Waals surface area contributed by atoms with E-state index in [-0.39, 0.29) is 57.5 Å². The van der Waals surface area contributed by atoms with Gasteiger partial charge in [-0.3, -0.25) is 33.6 Å². The molecule has 0 bridgehead atoms. The van der Waals surface area contributed by atoms with Crippen LogP contribution in [0.15, 0.2) is 43.0 Å². The van der Waals surface area contributed by atoms with Gasteiger partial charge in [0.25, 0.3) is 0 Å². The maximum atomic E-state index is 14.5. The van der Waals surface area contributed by atoms with Crippen molar-refractivity contribution >= 4 is 45.5 Å². The van der Waals surface area contributed by atoms with E-state index in [2.05, 4.69) is 11.3 Å². The third-order valence-electron chi connectivity index (χ3n) is 11.6. The number of sulfonamides is 1. The summed E-state index contributed by atoms with van der Waals surface area (Å²) < 4.78 is 53.5. The lowest BCUT2D eigenvalue weighted by Crippen LogP contribution is -2.46. The standard InChI is InChI=1S/C41H52FN3O10S/c1-5-28-20-41(28,38(50)43-56(52,53)31-16-17-31)21-35(47)34-19-30(54-39(51)44-22-27-10-7-11-33(42)32(27)24-44)23-45(34)37(49)26(18-36(48)55-40(2,3)4)13-15-29(46)14-12-25-8-6-9-25/h5,7,10-12,14,25-26,28,30-31,34H,1,6,8-9,13,15-24H2,2-4H3,(H,43,50)/b14-12+/t26-,28-,30?,34+,41-/m1/s1. The fourth-order valence-corrected chi connectivity index (χ4v) is 9.26. The predicted octanol–water partition coefficient (Wildman–Crippen LogP) is 5.06. The normalized spacial score (nSPS) is 25.2. The van der Waals surface area contributed by atoms with E-state index in [9.17, 15) is 41.6 Å². The van der Waals surface area contributed by atoms with Crippen molar-refractivity contribution in [3.8, 4) is 0 Å². The molecule has 1 saturated heterocycles. The van der Waals surface area contributed by atoms with Crippen LogP contribution in [0.4, 0.5) is 9.18 Å². The molecule has 3 amide bonds. The molecule has 1 N–H and O–H groups in total. The highest BCUT2D eigenvalue weighted by molar-refractivity contribution is 7.90. The summed E-state index contributed by atoms with van der Waals surface area (Å²) in [6.45, 7) is 8.69. The SMILES string of the molecule is C=C[C@@H]1C[C@]1(CC(=O)[C@@H]1CC(OC(=O)N2Cc3cccc(F)c3C2)CN1C(=O)[C@H](CCC(=O)/C=C/C1CCC1)CC(=O)OC(C)(C)C)C(=O)NS(=O)(=O)C1CC1. The fourth-order valence-electron chi connectivity index (χ4n) is 7.87. The number of nitrogens with one attached hydrogen (secondary N) is 1. The van der Waals surface area contributed by atoms with Crippen LogP contribution in [-0.4, -0.2) is 83.2 Å². The van der Waals surface area contributed by atoms with E-state index in [1.165, 1.54) is 28.0 Å². The van der Waals surface area contributed by atoms with Gasteiger partial charge in [0.05, 0.1) is 36.2 Å². The van der Waals surface area contributed by atoms with E-state index in [0.717, 1.165) is 19.3 Å². The lowest BCUT2D eigenvalue weighted by molar-refractivity contribution is -0.159. The molecule has 1 unspecified atom stereocenters. The smallest absolute Gasteiger partial charge is 0.410 e. The summed E-state index contributed by atoms with van der Waals surface area (Å²) in [6, 6.07) is 3.36. The molecular weight excluding hydrogens is 746 g/mol. The summed E-state index contributed by atoms with van der Waals surface area (Å²) >= 11 is 0. The van der Waals surface area contributed by atoms with Crippen LogP contribution in [0.2, 0.25) is 0 Å². The molecule has 2 aliphatic heterocycles. The highest BCUT2D eigenvalue weighted by Crippen LogP contribution is 2.57. The Balaban J connectivity index is 1.22. The number of carbonyl (C=O) groups excluding carboxylic acids is 6. The second kappa shape index (κ2) is 16.2. The van der Waals surface area contributed by atoms with Gasteiger partial charge in [-0.1, -0.05) is 30.7 Å². The molecule has 4 fully saturated rings. The van der Waals surface area contributed by atoms with Gasteiger partial charge in [0, 0.05) is 37.3 Å². The van der Waals surface area contributed by atoms with Crippen LogP contribution in [0, 0.1) is 29.0 Å². The fraction of sp³-hybridized carbons (Fsp3) is 0.610. The zero-order valence-electron chi connectivity index (χ0n) is 32.3. The van der Waals surface area contributed by atoms with Gasteiger partial charge in [0.15, 0.2) is 11.6 Å². The molecule has 5 atom stereocenters. The van der Waals surface area contributed by atoms with Crippen LogP contribution in [-0.2, 0) is 56.6 Å². The molecule has 15 heteroatoms. The van der Waals surface area contributed by atoms with Gasteiger partial charge in [-0.25, -0.2) is 17.6 Å². The van der Waals surface area contributed by atoms with Crippen LogP contribution in [0.25, 0.3) is 0 Å². The molecule has 0 aromatic heterocycles. The molecule has 6 rings (SSSR count). The first-order chi connectivity index (χ1) is 26.4. The molecular formula is C41H52FN3O10S. The van der Waals surface area contributed by atoms with Crippen molar-refractivity contribution < 1.29 is 51.0 Å². The van der Waals surface area contributed by atoms with Gasteiger partial charge in [0.1, 0.15) is 17.5 Å². The van der Waals surface area contributed by atoms with E-state index in [1.54, 1.807) is 32.9 Å². The minimum Gasteiger partial charge on any atom is -0.460 e. The number of hydrogen-bond donors (Lipinski definition) is 1. The summed E-state index contributed by atoms with van der Waals surface area (Å²) in [6.07, 6.45) is 6.31. The van der Waals surface area contributed by atoms with E-state index in [0.29, 0.717) is 29.9 Å². The second-order valence-electron chi connectivity index (χ2n) is 17.0. The Morgan fingerprint density at radius 2 is 1.82 bits per heavy atom. The van der Waals surface area contributed by atoms with Crippen molar-refractivity contribution in [3.63, 3.8) is 0 Å². The number of rotatable bonds is 16. The van der Waals surface area contributed by atoms with E-state index in [1.807, 2.05) is 6.08 Å². The number of fused-ring (bicyclic) bond motifs is 1. The van der Waals surface area contributed by atoms with Crippen LogP contribution in [0.3, 0.4) is 0 Å². The van der Waals surface area contributed by atoms with Crippen molar-refractivity contribution in [2.75, 3.05) is 6.54 Å². The lowest BCUT2D eigenvalue weighted by atomic mass is 9.85. The minimum absolute atomic E-state index is 0.0186. The van der Waals surface area contributed by atoms with Gasteiger partial charge >= 0.3 is 12.1 Å². The maximum Gasteiger partial charge on any atom is 0.410 e. The number of likely N-dealkylation sites (tertiary alicyclic amines) is 1. The van der Waals surface area contributed by atoms with Crippen molar-refractivity contribution in [2.45, 2.75) is 127 Å². The van der Waals surface area contributed by atoms with Crippen LogP contribution in [0.5, 0.6) is 0 Å². The number of allylic oxidation sites excluding steroid dienone is 3. The molecule has 304 valence electrons. The maximum absolute atomic E-state index is 14.5. The zero-order chi connectivity index (χ0) is 40.6. The molecule has 1 aromatic rings.